The summed E-state index contributed by atoms with van der Waals surface area (Å²) in [5.74, 6) is 0.599. The van der Waals surface area contributed by atoms with Crippen LogP contribution in [-0.4, -0.2) is 45.9 Å². The van der Waals surface area contributed by atoms with Crippen LogP contribution >= 0.6 is 11.6 Å². The van der Waals surface area contributed by atoms with Gasteiger partial charge in [-0.1, -0.05) is 23.7 Å². The SMILES string of the molecule is CCOc1c(Cl)cc(C(=O)Nc2ccccc2N2CCOCC2)cc1OC. The number of para-hydroxylation sites is 2. The number of methoxy groups -OCH3 is 1. The quantitative estimate of drug-likeness (QED) is 0.812. The van der Waals surface area contributed by atoms with Gasteiger partial charge in [-0.25, -0.2) is 0 Å². The maximum Gasteiger partial charge on any atom is 0.255 e. The Morgan fingerprint density at radius 1 is 1.26 bits per heavy atom. The number of carbonyl (C=O) groups excluding carboxylic acids is 1. The predicted molar refractivity (Wildman–Crippen MR) is 107 cm³/mol. The summed E-state index contributed by atoms with van der Waals surface area (Å²) >= 11 is 6.29. The van der Waals surface area contributed by atoms with Gasteiger partial charge in [0.1, 0.15) is 0 Å². The van der Waals surface area contributed by atoms with E-state index in [0.29, 0.717) is 41.9 Å². The molecule has 1 aliphatic rings. The fraction of sp³-hybridized carbons (Fsp3) is 0.350. The fourth-order valence-electron chi connectivity index (χ4n) is 2.99. The van der Waals surface area contributed by atoms with E-state index in [2.05, 4.69) is 10.2 Å². The molecular formula is C20H23ClN2O4. The molecule has 0 atom stereocenters. The third kappa shape index (κ3) is 4.46. The van der Waals surface area contributed by atoms with Crippen LogP contribution < -0.4 is 19.7 Å². The van der Waals surface area contributed by atoms with Crippen LogP contribution in [0.5, 0.6) is 11.5 Å². The molecular weight excluding hydrogens is 368 g/mol. The Morgan fingerprint density at radius 2 is 2.00 bits per heavy atom. The molecule has 27 heavy (non-hydrogen) atoms. The first-order valence-corrected chi connectivity index (χ1v) is 9.25. The van der Waals surface area contributed by atoms with Crippen LogP contribution in [0.4, 0.5) is 11.4 Å². The van der Waals surface area contributed by atoms with Gasteiger partial charge < -0.3 is 24.4 Å². The Labute approximate surface area is 164 Å². The zero-order valence-electron chi connectivity index (χ0n) is 15.5. The van der Waals surface area contributed by atoms with Crippen molar-refractivity contribution in [1.29, 1.82) is 0 Å². The van der Waals surface area contributed by atoms with Gasteiger partial charge in [-0.3, -0.25) is 4.79 Å². The smallest absolute Gasteiger partial charge is 0.255 e. The van der Waals surface area contributed by atoms with Crippen LogP contribution in [0.3, 0.4) is 0 Å². The summed E-state index contributed by atoms with van der Waals surface area (Å²) in [6, 6.07) is 10.9. The molecule has 0 aliphatic carbocycles. The minimum Gasteiger partial charge on any atom is -0.493 e. The second kappa shape index (κ2) is 8.97. The number of hydrogen-bond acceptors (Lipinski definition) is 5. The number of nitrogens with one attached hydrogen (secondary N) is 1. The van der Waals surface area contributed by atoms with Crippen molar-refractivity contribution in [3.63, 3.8) is 0 Å². The molecule has 7 heteroatoms. The van der Waals surface area contributed by atoms with Crippen molar-refractivity contribution in [2.75, 3.05) is 50.2 Å². The summed E-state index contributed by atoms with van der Waals surface area (Å²) in [5, 5.41) is 3.31. The van der Waals surface area contributed by atoms with E-state index >= 15 is 0 Å². The van der Waals surface area contributed by atoms with E-state index < -0.39 is 0 Å². The van der Waals surface area contributed by atoms with Crippen molar-refractivity contribution in [2.45, 2.75) is 6.92 Å². The summed E-state index contributed by atoms with van der Waals surface area (Å²) in [7, 11) is 1.52. The summed E-state index contributed by atoms with van der Waals surface area (Å²) in [5.41, 5.74) is 2.11. The van der Waals surface area contributed by atoms with Gasteiger partial charge in [0, 0.05) is 18.7 Å². The number of ether oxygens (including phenoxy) is 3. The minimum atomic E-state index is -0.265. The van der Waals surface area contributed by atoms with Crippen molar-refractivity contribution < 1.29 is 19.0 Å². The van der Waals surface area contributed by atoms with Crippen LogP contribution in [0.2, 0.25) is 5.02 Å². The fourth-order valence-corrected chi connectivity index (χ4v) is 3.25. The lowest BCUT2D eigenvalue weighted by Crippen LogP contribution is -2.36. The van der Waals surface area contributed by atoms with E-state index in [-0.39, 0.29) is 5.91 Å². The van der Waals surface area contributed by atoms with Gasteiger partial charge >= 0.3 is 0 Å². The van der Waals surface area contributed by atoms with Crippen LogP contribution in [0.1, 0.15) is 17.3 Å². The van der Waals surface area contributed by atoms with Crippen molar-refractivity contribution in [2.24, 2.45) is 0 Å². The molecule has 6 nitrogen and oxygen atoms in total. The maximum absolute atomic E-state index is 12.8. The van der Waals surface area contributed by atoms with Gasteiger partial charge in [-0.15, -0.1) is 0 Å². The van der Waals surface area contributed by atoms with Crippen molar-refractivity contribution in [1.82, 2.24) is 0 Å². The van der Waals surface area contributed by atoms with Crippen molar-refractivity contribution >= 4 is 28.9 Å². The highest BCUT2D eigenvalue weighted by molar-refractivity contribution is 6.32. The van der Waals surface area contributed by atoms with Gasteiger partial charge in [0.25, 0.3) is 5.91 Å². The number of carbonyl (C=O) groups is 1. The topological polar surface area (TPSA) is 60.0 Å². The molecule has 1 heterocycles. The van der Waals surface area contributed by atoms with Crippen molar-refractivity contribution in [3.8, 4) is 11.5 Å². The first-order valence-electron chi connectivity index (χ1n) is 8.87. The number of anilines is 2. The van der Waals surface area contributed by atoms with Gasteiger partial charge in [-0.05, 0) is 31.2 Å². The average Bonchev–Trinajstić information content (AvgIpc) is 2.70. The molecule has 0 unspecified atom stereocenters. The lowest BCUT2D eigenvalue weighted by molar-refractivity contribution is 0.102. The predicted octanol–water partition coefficient (Wildman–Crippen LogP) is 3.84. The van der Waals surface area contributed by atoms with E-state index in [1.807, 2.05) is 31.2 Å². The number of morpholine rings is 1. The molecule has 144 valence electrons. The van der Waals surface area contributed by atoms with Crippen molar-refractivity contribution in [3.05, 3.63) is 47.0 Å². The number of amides is 1. The summed E-state index contributed by atoms with van der Waals surface area (Å²) in [6.07, 6.45) is 0. The molecule has 0 saturated carbocycles. The van der Waals surface area contributed by atoms with E-state index in [9.17, 15) is 4.79 Å². The van der Waals surface area contributed by atoms with E-state index in [4.69, 9.17) is 25.8 Å². The first kappa shape index (κ1) is 19.3. The number of benzene rings is 2. The van der Waals surface area contributed by atoms with E-state index in [0.717, 1.165) is 24.5 Å². The van der Waals surface area contributed by atoms with Gasteiger partial charge in [0.05, 0.1) is 43.3 Å². The molecule has 3 rings (SSSR count). The normalized spacial score (nSPS) is 14.0. The standard InChI is InChI=1S/C20H23ClN2O4/c1-3-27-19-15(21)12-14(13-18(19)25-2)20(24)22-16-6-4-5-7-17(16)23-8-10-26-11-9-23/h4-7,12-13H,3,8-11H2,1-2H3,(H,22,24). The molecule has 2 aromatic rings. The van der Waals surface area contributed by atoms with Crippen LogP contribution in [-0.2, 0) is 4.74 Å². The largest absolute Gasteiger partial charge is 0.493 e. The molecule has 1 saturated heterocycles. The third-order valence-electron chi connectivity index (χ3n) is 4.28. The number of halogens is 1. The number of hydrogen-bond donors (Lipinski definition) is 1. The van der Waals surface area contributed by atoms with Gasteiger partial charge in [0.2, 0.25) is 0 Å². The number of nitrogens with zero attached hydrogens (tertiary/aromatic N) is 1. The lowest BCUT2D eigenvalue weighted by Gasteiger charge is -2.30. The van der Waals surface area contributed by atoms with Gasteiger partial charge in [0.15, 0.2) is 11.5 Å². The minimum absolute atomic E-state index is 0.265. The first-order chi connectivity index (χ1) is 13.1. The molecule has 1 N–H and O–H groups in total. The monoisotopic (exact) mass is 390 g/mol. The zero-order valence-corrected chi connectivity index (χ0v) is 16.2. The molecule has 1 amide bonds. The molecule has 0 aromatic heterocycles. The lowest BCUT2D eigenvalue weighted by atomic mass is 10.1. The Kier molecular flexibility index (Phi) is 6.42. The second-order valence-electron chi connectivity index (χ2n) is 5.99. The Bertz CT molecular complexity index is 807. The maximum atomic E-state index is 12.8. The molecule has 2 aromatic carbocycles. The Balaban J connectivity index is 1.85. The summed E-state index contributed by atoms with van der Waals surface area (Å²) in [4.78, 5) is 15.0. The summed E-state index contributed by atoms with van der Waals surface area (Å²) < 4.78 is 16.2. The molecule has 0 bridgehead atoms. The Hall–Kier alpha value is -2.44. The average molecular weight is 391 g/mol. The zero-order chi connectivity index (χ0) is 19.2. The summed E-state index contributed by atoms with van der Waals surface area (Å²) in [6.45, 7) is 5.24. The van der Waals surface area contributed by atoms with Gasteiger partial charge in [-0.2, -0.15) is 0 Å². The molecule has 1 aliphatic heterocycles. The highest BCUT2D eigenvalue weighted by Gasteiger charge is 2.19. The highest BCUT2D eigenvalue weighted by Crippen LogP contribution is 2.37. The van der Waals surface area contributed by atoms with E-state index in [1.165, 1.54) is 7.11 Å². The second-order valence-corrected chi connectivity index (χ2v) is 6.40. The molecule has 0 spiro atoms. The van der Waals surface area contributed by atoms with Crippen LogP contribution in [0, 0.1) is 0 Å². The van der Waals surface area contributed by atoms with E-state index in [1.54, 1.807) is 12.1 Å². The number of rotatable bonds is 6. The molecule has 0 radical (unpaired) electrons. The third-order valence-corrected chi connectivity index (χ3v) is 4.57. The van der Waals surface area contributed by atoms with Crippen LogP contribution in [0.25, 0.3) is 0 Å². The van der Waals surface area contributed by atoms with Crippen LogP contribution in [0.15, 0.2) is 36.4 Å². The highest BCUT2D eigenvalue weighted by atomic mass is 35.5. The molecule has 1 fully saturated rings. The Morgan fingerprint density at radius 3 is 2.70 bits per heavy atom.